The highest BCUT2D eigenvalue weighted by molar-refractivity contribution is 7.99. The molecule has 0 radical (unpaired) electrons. The molecule has 0 bridgehead atoms. The molecular formula is C8H8ClNO2S. The van der Waals surface area contributed by atoms with E-state index in [2.05, 4.69) is 4.98 Å². The van der Waals surface area contributed by atoms with Crippen LogP contribution in [-0.2, 0) is 4.79 Å². The molecule has 13 heavy (non-hydrogen) atoms. The van der Waals surface area contributed by atoms with Crippen molar-refractivity contribution in [1.29, 1.82) is 0 Å². The van der Waals surface area contributed by atoms with Crippen LogP contribution in [0.3, 0.4) is 0 Å². The Hall–Kier alpha value is -0.740. The third-order valence-corrected chi connectivity index (χ3v) is 2.80. The van der Waals surface area contributed by atoms with Crippen molar-refractivity contribution in [2.45, 2.75) is 11.3 Å². The highest BCUT2D eigenvalue weighted by atomic mass is 35.5. The van der Waals surface area contributed by atoms with Gasteiger partial charge >= 0.3 is 5.97 Å². The zero-order valence-electron chi connectivity index (χ0n) is 6.74. The number of pyridine rings is 1. The molecule has 1 heterocycles. The van der Waals surface area contributed by atoms with Gasteiger partial charge in [-0.05, 0) is 6.07 Å². The molecule has 0 unspecified atom stereocenters. The summed E-state index contributed by atoms with van der Waals surface area (Å²) >= 11 is 7.23. The van der Waals surface area contributed by atoms with Gasteiger partial charge in [0.15, 0.2) is 0 Å². The van der Waals surface area contributed by atoms with Crippen LogP contribution in [0.15, 0.2) is 23.4 Å². The molecule has 0 spiro atoms. The summed E-state index contributed by atoms with van der Waals surface area (Å²) in [5.41, 5.74) is 0. The van der Waals surface area contributed by atoms with Crippen LogP contribution in [0.4, 0.5) is 0 Å². The van der Waals surface area contributed by atoms with E-state index in [0.717, 1.165) is 4.90 Å². The van der Waals surface area contributed by atoms with Crippen molar-refractivity contribution in [2.24, 2.45) is 0 Å². The first-order chi connectivity index (χ1) is 6.20. The number of halogens is 1. The van der Waals surface area contributed by atoms with Crippen molar-refractivity contribution in [3.05, 3.63) is 23.5 Å². The predicted molar refractivity (Wildman–Crippen MR) is 52.2 cm³/mol. The van der Waals surface area contributed by atoms with Crippen molar-refractivity contribution < 1.29 is 9.90 Å². The minimum Gasteiger partial charge on any atom is -0.481 e. The molecule has 0 aliphatic carbocycles. The fourth-order valence-electron chi connectivity index (χ4n) is 0.728. The van der Waals surface area contributed by atoms with Gasteiger partial charge in [0, 0.05) is 23.0 Å². The maximum Gasteiger partial charge on any atom is 0.304 e. The number of hydrogen-bond donors (Lipinski definition) is 1. The van der Waals surface area contributed by atoms with Crippen molar-refractivity contribution in [1.82, 2.24) is 4.98 Å². The molecule has 0 atom stereocenters. The first kappa shape index (κ1) is 10.3. The topological polar surface area (TPSA) is 50.2 Å². The zero-order valence-corrected chi connectivity index (χ0v) is 8.31. The molecule has 1 aromatic rings. The maximum atomic E-state index is 10.2. The monoisotopic (exact) mass is 217 g/mol. The second kappa shape index (κ2) is 5.09. The van der Waals surface area contributed by atoms with Crippen LogP contribution in [0.25, 0.3) is 0 Å². The Kier molecular flexibility index (Phi) is 4.05. The second-order valence-corrected chi connectivity index (χ2v) is 3.84. The van der Waals surface area contributed by atoms with Gasteiger partial charge in [0.1, 0.15) is 0 Å². The van der Waals surface area contributed by atoms with Crippen LogP contribution in [0, 0.1) is 0 Å². The van der Waals surface area contributed by atoms with Crippen LogP contribution >= 0.6 is 23.4 Å². The Bertz CT molecular complexity index is 306. The zero-order chi connectivity index (χ0) is 9.68. The molecule has 0 fully saturated rings. The first-order valence-electron chi connectivity index (χ1n) is 3.64. The Morgan fingerprint density at radius 1 is 1.69 bits per heavy atom. The number of hydrogen-bond acceptors (Lipinski definition) is 3. The number of nitrogens with zero attached hydrogens (tertiary/aromatic N) is 1. The van der Waals surface area contributed by atoms with Gasteiger partial charge in [-0.15, -0.1) is 11.8 Å². The van der Waals surface area contributed by atoms with E-state index in [1.807, 2.05) is 0 Å². The lowest BCUT2D eigenvalue weighted by molar-refractivity contribution is -0.136. The smallest absolute Gasteiger partial charge is 0.304 e. The van der Waals surface area contributed by atoms with Gasteiger partial charge in [0.2, 0.25) is 0 Å². The quantitative estimate of drug-likeness (QED) is 0.787. The number of aromatic nitrogens is 1. The Labute approximate surface area is 85.1 Å². The van der Waals surface area contributed by atoms with Gasteiger partial charge in [-0.1, -0.05) is 11.6 Å². The Morgan fingerprint density at radius 2 is 2.46 bits per heavy atom. The van der Waals surface area contributed by atoms with Crippen LogP contribution in [0.1, 0.15) is 6.42 Å². The second-order valence-electron chi connectivity index (χ2n) is 2.30. The van der Waals surface area contributed by atoms with E-state index in [9.17, 15) is 4.79 Å². The average Bonchev–Trinajstić information content (AvgIpc) is 2.08. The molecule has 0 amide bonds. The first-order valence-corrected chi connectivity index (χ1v) is 5.00. The number of thioether (sulfide) groups is 1. The molecule has 3 nitrogen and oxygen atoms in total. The van der Waals surface area contributed by atoms with Crippen molar-refractivity contribution in [3.8, 4) is 0 Å². The van der Waals surface area contributed by atoms with E-state index in [1.54, 1.807) is 18.5 Å². The summed E-state index contributed by atoms with van der Waals surface area (Å²) in [5, 5.41) is 8.97. The number of aliphatic carboxylic acids is 1. The third kappa shape index (κ3) is 3.65. The van der Waals surface area contributed by atoms with Crippen LogP contribution in [-0.4, -0.2) is 21.8 Å². The summed E-state index contributed by atoms with van der Waals surface area (Å²) in [6, 6.07) is 1.77. The van der Waals surface area contributed by atoms with E-state index in [1.165, 1.54) is 11.8 Å². The average molecular weight is 218 g/mol. The van der Waals surface area contributed by atoms with E-state index in [4.69, 9.17) is 16.7 Å². The maximum absolute atomic E-state index is 10.2. The number of carbonyl (C=O) groups is 1. The number of carboxylic acids is 1. The summed E-state index contributed by atoms with van der Waals surface area (Å²) in [6.07, 6.45) is 3.32. The van der Waals surface area contributed by atoms with Gasteiger partial charge in [-0.3, -0.25) is 9.78 Å². The molecule has 5 heteroatoms. The molecule has 0 aromatic carbocycles. The van der Waals surface area contributed by atoms with Crippen molar-refractivity contribution >= 4 is 29.3 Å². The Morgan fingerprint density at radius 3 is 3.08 bits per heavy atom. The van der Waals surface area contributed by atoms with E-state index >= 15 is 0 Å². The number of carboxylic acid groups (broad SMARTS) is 1. The van der Waals surface area contributed by atoms with E-state index < -0.39 is 5.97 Å². The van der Waals surface area contributed by atoms with Crippen LogP contribution in [0.2, 0.25) is 5.02 Å². The summed E-state index contributed by atoms with van der Waals surface area (Å²) in [6.45, 7) is 0. The highest BCUT2D eigenvalue weighted by Crippen LogP contribution is 2.25. The van der Waals surface area contributed by atoms with Gasteiger partial charge in [-0.25, -0.2) is 0 Å². The summed E-state index contributed by atoms with van der Waals surface area (Å²) in [4.78, 5) is 14.9. The lowest BCUT2D eigenvalue weighted by Crippen LogP contribution is -1.95. The summed E-state index contributed by atoms with van der Waals surface area (Å²) in [7, 11) is 0. The van der Waals surface area contributed by atoms with E-state index in [0.29, 0.717) is 10.8 Å². The lowest BCUT2D eigenvalue weighted by Gasteiger charge is -2.00. The molecule has 1 aromatic heterocycles. The Balaban J connectivity index is 2.45. The van der Waals surface area contributed by atoms with Crippen LogP contribution < -0.4 is 0 Å². The van der Waals surface area contributed by atoms with Gasteiger partial charge in [0.25, 0.3) is 0 Å². The fourth-order valence-corrected chi connectivity index (χ4v) is 1.86. The molecule has 1 N–H and O–H groups in total. The van der Waals surface area contributed by atoms with Crippen molar-refractivity contribution in [2.75, 3.05) is 5.75 Å². The third-order valence-electron chi connectivity index (χ3n) is 1.31. The molecule has 0 aliphatic heterocycles. The standard InChI is InChI=1S/C8H8ClNO2S/c9-6-5-10-3-1-7(6)13-4-2-8(11)12/h1,3,5H,2,4H2,(H,11,12). The molecule has 0 saturated heterocycles. The molecular weight excluding hydrogens is 210 g/mol. The predicted octanol–water partition coefficient (Wildman–Crippen LogP) is 2.30. The van der Waals surface area contributed by atoms with Gasteiger partial charge < -0.3 is 5.11 Å². The minimum atomic E-state index is -0.794. The van der Waals surface area contributed by atoms with Crippen molar-refractivity contribution in [3.63, 3.8) is 0 Å². The minimum absolute atomic E-state index is 0.142. The molecule has 0 saturated carbocycles. The van der Waals surface area contributed by atoms with Crippen LogP contribution in [0.5, 0.6) is 0 Å². The van der Waals surface area contributed by atoms with Gasteiger partial charge in [0.05, 0.1) is 11.4 Å². The SMILES string of the molecule is O=C(O)CCSc1ccncc1Cl. The molecule has 0 aliphatic rings. The number of rotatable bonds is 4. The highest BCUT2D eigenvalue weighted by Gasteiger charge is 2.01. The molecule has 1 rings (SSSR count). The van der Waals surface area contributed by atoms with Gasteiger partial charge in [-0.2, -0.15) is 0 Å². The normalized spacial score (nSPS) is 9.92. The summed E-state index contributed by atoms with van der Waals surface area (Å²) < 4.78 is 0. The molecule has 70 valence electrons. The summed E-state index contributed by atoms with van der Waals surface area (Å²) in [5.74, 6) is -0.267. The van der Waals surface area contributed by atoms with E-state index in [-0.39, 0.29) is 6.42 Å². The largest absolute Gasteiger partial charge is 0.481 e. The fraction of sp³-hybridized carbons (Fsp3) is 0.250. The lowest BCUT2D eigenvalue weighted by atomic mass is 10.5.